The van der Waals surface area contributed by atoms with Crippen molar-refractivity contribution in [3.05, 3.63) is 28.8 Å². The van der Waals surface area contributed by atoms with Gasteiger partial charge in [-0.25, -0.2) is 10.8 Å². The number of ether oxygens (including phenoxy) is 1. The topological polar surface area (TPSA) is 71.7 Å². The van der Waals surface area contributed by atoms with E-state index in [9.17, 15) is 0 Å². The van der Waals surface area contributed by atoms with Crippen LogP contribution in [0.2, 0.25) is 5.02 Å². The molecule has 0 heterocycles. The average Bonchev–Trinajstić information content (AvgIpc) is 2.32. The van der Waals surface area contributed by atoms with E-state index in [0.717, 1.165) is 11.3 Å². The molecule has 1 aromatic rings. The summed E-state index contributed by atoms with van der Waals surface area (Å²) in [7, 11) is 1.62. The lowest BCUT2D eigenvalue weighted by atomic mass is 10.2. The zero-order chi connectivity index (χ0) is 12.7. The molecule has 0 bridgehead atoms. The Bertz CT molecular complexity index is 395. The SMILES string of the molecule is COCCN=C(NN)Nc1cc(C)ccc1Cl. The van der Waals surface area contributed by atoms with Gasteiger partial charge in [0.2, 0.25) is 5.96 Å². The Morgan fingerprint density at radius 3 is 2.94 bits per heavy atom. The third-order valence-corrected chi connectivity index (χ3v) is 2.41. The maximum absolute atomic E-state index is 6.05. The number of hydrogen-bond acceptors (Lipinski definition) is 3. The van der Waals surface area contributed by atoms with Gasteiger partial charge < -0.3 is 10.1 Å². The molecule has 17 heavy (non-hydrogen) atoms. The van der Waals surface area contributed by atoms with E-state index in [1.807, 2.05) is 25.1 Å². The van der Waals surface area contributed by atoms with E-state index < -0.39 is 0 Å². The van der Waals surface area contributed by atoms with Gasteiger partial charge in [-0.2, -0.15) is 0 Å². The molecular formula is C11H17ClN4O. The fourth-order valence-electron chi connectivity index (χ4n) is 1.23. The number of nitrogens with zero attached hydrogens (tertiary/aromatic N) is 1. The van der Waals surface area contributed by atoms with Crippen LogP contribution in [0.15, 0.2) is 23.2 Å². The Morgan fingerprint density at radius 2 is 2.29 bits per heavy atom. The molecule has 0 aromatic heterocycles. The first-order chi connectivity index (χ1) is 8.17. The van der Waals surface area contributed by atoms with E-state index in [1.165, 1.54) is 0 Å². The molecule has 0 saturated carbocycles. The molecule has 0 amide bonds. The van der Waals surface area contributed by atoms with E-state index >= 15 is 0 Å². The molecule has 0 spiro atoms. The van der Waals surface area contributed by atoms with E-state index in [1.54, 1.807) is 7.11 Å². The van der Waals surface area contributed by atoms with Gasteiger partial charge in [-0.1, -0.05) is 17.7 Å². The lowest BCUT2D eigenvalue weighted by Gasteiger charge is -2.11. The molecule has 0 aliphatic heterocycles. The van der Waals surface area contributed by atoms with Crippen LogP contribution >= 0.6 is 11.6 Å². The fourth-order valence-corrected chi connectivity index (χ4v) is 1.40. The van der Waals surface area contributed by atoms with Gasteiger partial charge >= 0.3 is 0 Å². The van der Waals surface area contributed by atoms with Crippen LogP contribution in [0.1, 0.15) is 5.56 Å². The molecule has 0 aliphatic rings. The quantitative estimate of drug-likeness (QED) is 0.251. The number of guanidine groups is 1. The molecule has 1 aromatic carbocycles. The third kappa shape index (κ3) is 4.60. The summed E-state index contributed by atoms with van der Waals surface area (Å²) in [4.78, 5) is 4.18. The lowest BCUT2D eigenvalue weighted by molar-refractivity contribution is 0.208. The highest BCUT2D eigenvalue weighted by Gasteiger charge is 2.03. The average molecular weight is 257 g/mol. The minimum atomic E-state index is 0.453. The second-order valence-electron chi connectivity index (χ2n) is 3.48. The smallest absolute Gasteiger partial charge is 0.210 e. The van der Waals surface area contributed by atoms with E-state index in [0.29, 0.717) is 24.1 Å². The number of nitrogens with two attached hydrogens (primary N) is 1. The number of anilines is 1. The Kier molecular flexibility index (Phi) is 5.76. The Labute approximate surface area is 106 Å². The Hall–Kier alpha value is -1.30. The largest absolute Gasteiger partial charge is 0.383 e. The normalized spacial score (nSPS) is 11.4. The first kappa shape index (κ1) is 13.8. The van der Waals surface area contributed by atoms with Crippen LogP contribution in [0.3, 0.4) is 0 Å². The van der Waals surface area contributed by atoms with Crippen molar-refractivity contribution in [2.75, 3.05) is 25.6 Å². The molecule has 4 N–H and O–H groups in total. The number of aliphatic imine (C=N–C) groups is 1. The molecule has 0 saturated heterocycles. The molecule has 0 unspecified atom stereocenters. The molecule has 94 valence electrons. The molecule has 0 aliphatic carbocycles. The highest BCUT2D eigenvalue weighted by atomic mass is 35.5. The van der Waals surface area contributed by atoms with Crippen molar-refractivity contribution in [1.82, 2.24) is 5.43 Å². The fraction of sp³-hybridized carbons (Fsp3) is 0.364. The minimum absolute atomic E-state index is 0.453. The maximum Gasteiger partial charge on any atom is 0.210 e. The molecule has 0 fully saturated rings. The monoisotopic (exact) mass is 256 g/mol. The van der Waals surface area contributed by atoms with Gasteiger partial charge in [0, 0.05) is 7.11 Å². The summed E-state index contributed by atoms with van der Waals surface area (Å²) in [5.41, 5.74) is 4.35. The Morgan fingerprint density at radius 1 is 1.53 bits per heavy atom. The van der Waals surface area contributed by atoms with Crippen LogP contribution in [0.5, 0.6) is 0 Å². The predicted octanol–water partition coefficient (Wildman–Crippen LogP) is 1.53. The highest BCUT2D eigenvalue weighted by molar-refractivity contribution is 6.33. The molecule has 6 heteroatoms. The van der Waals surface area contributed by atoms with E-state index in [-0.39, 0.29) is 0 Å². The summed E-state index contributed by atoms with van der Waals surface area (Å²) in [6, 6.07) is 5.68. The van der Waals surface area contributed by atoms with Gasteiger partial charge in [-0.05, 0) is 24.6 Å². The van der Waals surface area contributed by atoms with Crippen molar-refractivity contribution in [3.63, 3.8) is 0 Å². The summed E-state index contributed by atoms with van der Waals surface area (Å²) < 4.78 is 4.90. The van der Waals surface area contributed by atoms with E-state index in [2.05, 4.69) is 15.7 Å². The van der Waals surface area contributed by atoms with Crippen LogP contribution < -0.4 is 16.6 Å². The second kappa shape index (κ2) is 7.11. The predicted molar refractivity (Wildman–Crippen MR) is 71.3 cm³/mol. The molecule has 1 rings (SSSR count). The number of nitrogens with one attached hydrogen (secondary N) is 2. The summed E-state index contributed by atoms with van der Waals surface area (Å²) in [6.45, 7) is 3.04. The minimum Gasteiger partial charge on any atom is -0.383 e. The van der Waals surface area contributed by atoms with Crippen molar-refractivity contribution in [3.8, 4) is 0 Å². The van der Waals surface area contributed by atoms with Gasteiger partial charge in [-0.15, -0.1) is 0 Å². The first-order valence-electron chi connectivity index (χ1n) is 5.20. The van der Waals surface area contributed by atoms with Crippen molar-refractivity contribution in [2.24, 2.45) is 10.8 Å². The molecule has 0 radical (unpaired) electrons. The van der Waals surface area contributed by atoms with Crippen molar-refractivity contribution in [2.45, 2.75) is 6.92 Å². The summed E-state index contributed by atoms with van der Waals surface area (Å²) in [6.07, 6.45) is 0. The number of methoxy groups -OCH3 is 1. The van der Waals surface area contributed by atoms with Crippen LogP contribution in [-0.4, -0.2) is 26.2 Å². The molecular weight excluding hydrogens is 240 g/mol. The van der Waals surface area contributed by atoms with Gasteiger partial charge in [-0.3, -0.25) is 5.43 Å². The summed E-state index contributed by atoms with van der Waals surface area (Å²) >= 11 is 6.05. The zero-order valence-corrected chi connectivity index (χ0v) is 10.7. The van der Waals surface area contributed by atoms with E-state index in [4.69, 9.17) is 22.2 Å². The Balaban J connectivity index is 2.73. The number of aryl methyl sites for hydroxylation is 1. The number of halogens is 1. The van der Waals surface area contributed by atoms with Crippen molar-refractivity contribution in [1.29, 1.82) is 0 Å². The third-order valence-electron chi connectivity index (χ3n) is 2.08. The second-order valence-corrected chi connectivity index (χ2v) is 3.88. The standard InChI is InChI=1S/C11H17ClN4O/c1-8-3-4-9(12)10(7-8)15-11(16-13)14-5-6-17-2/h3-4,7H,5-6,13H2,1-2H3,(H2,14,15,16). The van der Waals surface area contributed by atoms with Gasteiger partial charge in [0.05, 0.1) is 23.9 Å². The number of rotatable bonds is 4. The van der Waals surface area contributed by atoms with Crippen LogP contribution in [-0.2, 0) is 4.74 Å². The van der Waals surface area contributed by atoms with Crippen molar-refractivity contribution < 1.29 is 4.74 Å². The zero-order valence-electron chi connectivity index (χ0n) is 9.96. The highest BCUT2D eigenvalue weighted by Crippen LogP contribution is 2.22. The van der Waals surface area contributed by atoms with Crippen LogP contribution in [0, 0.1) is 6.92 Å². The molecule has 0 atom stereocenters. The number of hydrazine groups is 1. The van der Waals surface area contributed by atoms with Gasteiger partial charge in [0.15, 0.2) is 0 Å². The summed E-state index contributed by atoms with van der Waals surface area (Å²) in [5.74, 6) is 5.82. The molecule has 5 nitrogen and oxygen atoms in total. The lowest BCUT2D eigenvalue weighted by Crippen LogP contribution is -2.36. The van der Waals surface area contributed by atoms with Gasteiger partial charge in [0.1, 0.15) is 0 Å². The number of hydrogen-bond donors (Lipinski definition) is 3. The number of benzene rings is 1. The van der Waals surface area contributed by atoms with Crippen molar-refractivity contribution >= 4 is 23.2 Å². The van der Waals surface area contributed by atoms with Gasteiger partial charge in [0.25, 0.3) is 0 Å². The maximum atomic E-state index is 6.05. The summed E-state index contributed by atoms with van der Waals surface area (Å²) in [5, 5.41) is 3.64. The first-order valence-corrected chi connectivity index (χ1v) is 5.58. The van der Waals surface area contributed by atoms with Crippen LogP contribution in [0.25, 0.3) is 0 Å². The van der Waals surface area contributed by atoms with Crippen LogP contribution in [0.4, 0.5) is 5.69 Å².